The number of amides is 1. The fourth-order valence-electron chi connectivity index (χ4n) is 3.62. The minimum atomic E-state index is -0.159. The molecule has 1 aliphatic heterocycles. The first-order valence-corrected chi connectivity index (χ1v) is 10.3. The van der Waals surface area contributed by atoms with Crippen molar-refractivity contribution in [1.82, 2.24) is 14.5 Å². The second-order valence-corrected chi connectivity index (χ2v) is 8.37. The number of thiophene rings is 1. The lowest BCUT2D eigenvalue weighted by Gasteiger charge is -2.31. The summed E-state index contributed by atoms with van der Waals surface area (Å²) in [5.41, 5.74) is 1.51. The number of rotatable bonds is 4. The van der Waals surface area contributed by atoms with E-state index >= 15 is 0 Å². The van der Waals surface area contributed by atoms with Gasteiger partial charge in [-0.05, 0) is 54.7 Å². The van der Waals surface area contributed by atoms with Crippen molar-refractivity contribution in [2.75, 3.05) is 20.2 Å². The van der Waals surface area contributed by atoms with Crippen LogP contribution in [0.3, 0.4) is 0 Å². The van der Waals surface area contributed by atoms with Gasteiger partial charge in [0.05, 0.1) is 19.0 Å². The topological polar surface area (TPSA) is 64.4 Å². The number of hydrogen-bond acceptors (Lipinski definition) is 5. The number of piperidine rings is 1. The molecule has 2 aromatic heterocycles. The van der Waals surface area contributed by atoms with Crippen LogP contribution in [0.5, 0.6) is 5.75 Å². The summed E-state index contributed by atoms with van der Waals surface area (Å²) in [6.45, 7) is 3.74. The Morgan fingerprint density at radius 3 is 2.82 bits per heavy atom. The predicted molar refractivity (Wildman–Crippen MR) is 111 cm³/mol. The summed E-state index contributed by atoms with van der Waals surface area (Å²) in [5, 5.41) is 0. The normalized spacial score (nSPS) is 17.1. The number of carbonyl (C=O) groups excluding carboxylic acids is 1. The molecule has 3 aromatic rings. The molecular weight excluding hydrogens is 374 g/mol. The third-order valence-electron chi connectivity index (χ3n) is 5.19. The first-order chi connectivity index (χ1) is 13.5. The van der Waals surface area contributed by atoms with Gasteiger partial charge in [-0.2, -0.15) is 0 Å². The van der Waals surface area contributed by atoms with Crippen LogP contribution in [0.4, 0.5) is 0 Å². The van der Waals surface area contributed by atoms with Crippen LogP contribution in [-0.2, 0) is 11.3 Å². The van der Waals surface area contributed by atoms with E-state index in [2.05, 4.69) is 11.9 Å². The van der Waals surface area contributed by atoms with E-state index in [-0.39, 0.29) is 18.0 Å². The Labute approximate surface area is 167 Å². The van der Waals surface area contributed by atoms with Gasteiger partial charge >= 0.3 is 0 Å². The van der Waals surface area contributed by atoms with Crippen LogP contribution in [0.1, 0.15) is 19.8 Å². The van der Waals surface area contributed by atoms with Crippen LogP contribution in [0.2, 0.25) is 0 Å². The molecule has 1 aromatic carbocycles. The number of likely N-dealkylation sites (tertiary alicyclic amines) is 1. The standard InChI is InChI=1S/C21H23N3O3S/c1-14-4-3-9-23(11-14)19(25)12-24-13-22-17-10-18(28-20(17)21(24)26)15-5-7-16(27-2)8-6-15/h5-8,10,13-14H,3-4,9,11-12H2,1-2H3/t14-/m1/s1. The van der Waals surface area contributed by atoms with E-state index in [9.17, 15) is 9.59 Å². The Morgan fingerprint density at radius 1 is 1.32 bits per heavy atom. The molecule has 1 aliphatic rings. The van der Waals surface area contributed by atoms with Gasteiger partial charge in [-0.25, -0.2) is 4.98 Å². The molecule has 28 heavy (non-hydrogen) atoms. The zero-order valence-electron chi connectivity index (χ0n) is 16.1. The highest BCUT2D eigenvalue weighted by atomic mass is 32.1. The molecule has 0 bridgehead atoms. The monoisotopic (exact) mass is 397 g/mol. The minimum Gasteiger partial charge on any atom is -0.497 e. The van der Waals surface area contributed by atoms with E-state index in [1.54, 1.807) is 7.11 Å². The largest absolute Gasteiger partial charge is 0.497 e. The van der Waals surface area contributed by atoms with Gasteiger partial charge in [-0.1, -0.05) is 6.92 Å². The summed E-state index contributed by atoms with van der Waals surface area (Å²) >= 11 is 1.41. The molecule has 0 spiro atoms. The molecule has 3 heterocycles. The number of aromatic nitrogens is 2. The van der Waals surface area contributed by atoms with Crippen molar-refractivity contribution in [1.29, 1.82) is 0 Å². The summed E-state index contributed by atoms with van der Waals surface area (Å²) in [4.78, 5) is 32.8. The molecule has 1 amide bonds. The van der Waals surface area contributed by atoms with Crippen molar-refractivity contribution in [3.05, 3.63) is 47.0 Å². The molecule has 1 atom stereocenters. The average Bonchev–Trinajstić information content (AvgIpc) is 3.15. The van der Waals surface area contributed by atoms with Gasteiger partial charge < -0.3 is 9.64 Å². The third-order valence-corrected chi connectivity index (χ3v) is 6.35. The van der Waals surface area contributed by atoms with E-state index < -0.39 is 0 Å². The summed E-state index contributed by atoms with van der Waals surface area (Å²) in [5.74, 6) is 1.29. The Bertz CT molecular complexity index is 1050. The van der Waals surface area contributed by atoms with E-state index in [1.165, 1.54) is 22.2 Å². The molecule has 146 valence electrons. The van der Waals surface area contributed by atoms with E-state index in [4.69, 9.17) is 4.74 Å². The molecule has 7 heteroatoms. The summed E-state index contributed by atoms with van der Waals surface area (Å²) in [6, 6.07) is 9.63. The van der Waals surface area contributed by atoms with Crippen molar-refractivity contribution in [2.45, 2.75) is 26.3 Å². The minimum absolute atomic E-state index is 0.0123. The lowest BCUT2D eigenvalue weighted by atomic mass is 10.0. The van der Waals surface area contributed by atoms with Gasteiger partial charge in [-0.3, -0.25) is 14.2 Å². The van der Waals surface area contributed by atoms with Gasteiger partial charge in [0.15, 0.2) is 0 Å². The van der Waals surface area contributed by atoms with E-state index in [0.29, 0.717) is 16.1 Å². The molecular formula is C21H23N3O3S. The third kappa shape index (κ3) is 3.67. The molecule has 0 N–H and O–H groups in total. The average molecular weight is 398 g/mol. The smallest absolute Gasteiger partial charge is 0.271 e. The fraction of sp³-hybridized carbons (Fsp3) is 0.381. The number of benzene rings is 1. The molecule has 1 fully saturated rings. The molecule has 0 aliphatic carbocycles. The molecule has 1 saturated heterocycles. The maximum atomic E-state index is 12.9. The van der Waals surface area contributed by atoms with Gasteiger partial charge in [0, 0.05) is 18.0 Å². The van der Waals surface area contributed by atoms with Crippen molar-refractivity contribution >= 4 is 27.5 Å². The highest BCUT2D eigenvalue weighted by Gasteiger charge is 2.22. The van der Waals surface area contributed by atoms with Gasteiger partial charge in [0.1, 0.15) is 17.0 Å². The maximum absolute atomic E-state index is 12.9. The fourth-order valence-corrected chi connectivity index (χ4v) is 4.68. The number of nitrogens with zero attached hydrogens (tertiary/aromatic N) is 3. The van der Waals surface area contributed by atoms with E-state index in [1.807, 2.05) is 35.2 Å². The van der Waals surface area contributed by atoms with Gasteiger partial charge in [0.2, 0.25) is 5.91 Å². The van der Waals surface area contributed by atoms with Crippen LogP contribution in [0.15, 0.2) is 41.5 Å². The maximum Gasteiger partial charge on any atom is 0.271 e. The number of methoxy groups -OCH3 is 1. The Balaban J connectivity index is 1.59. The lowest BCUT2D eigenvalue weighted by Crippen LogP contribution is -2.42. The van der Waals surface area contributed by atoms with Crippen LogP contribution in [0.25, 0.3) is 20.7 Å². The highest BCUT2D eigenvalue weighted by Crippen LogP contribution is 2.31. The van der Waals surface area contributed by atoms with Crippen LogP contribution >= 0.6 is 11.3 Å². The SMILES string of the molecule is COc1ccc(-c2cc3ncn(CC(=O)N4CCC[C@@H](C)C4)c(=O)c3s2)cc1. The first-order valence-electron chi connectivity index (χ1n) is 9.46. The van der Waals surface area contributed by atoms with Crippen molar-refractivity contribution in [3.8, 4) is 16.2 Å². The zero-order chi connectivity index (χ0) is 19.7. The van der Waals surface area contributed by atoms with Gasteiger partial charge in [0.25, 0.3) is 5.56 Å². The molecule has 0 unspecified atom stereocenters. The van der Waals surface area contributed by atoms with Crippen LogP contribution in [0, 0.1) is 5.92 Å². The van der Waals surface area contributed by atoms with Crippen LogP contribution < -0.4 is 10.3 Å². The number of fused-ring (bicyclic) bond motifs is 1. The Hall–Kier alpha value is -2.67. The van der Waals surface area contributed by atoms with Crippen molar-refractivity contribution < 1.29 is 9.53 Å². The lowest BCUT2D eigenvalue weighted by molar-refractivity contribution is -0.133. The number of carbonyl (C=O) groups is 1. The van der Waals surface area contributed by atoms with Crippen LogP contribution in [-0.4, -0.2) is 40.6 Å². The Morgan fingerprint density at radius 2 is 2.11 bits per heavy atom. The van der Waals surface area contributed by atoms with Crippen molar-refractivity contribution in [2.24, 2.45) is 5.92 Å². The molecule has 6 nitrogen and oxygen atoms in total. The quantitative estimate of drug-likeness (QED) is 0.677. The molecule has 4 rings (SSSR count). The second-order valence-electron chi connectivity index (χ2n) is 7.32. The number of ether oxygens (including phenoxy) is 1. The Kier molecular flexibility index (Phi) is 5.17. The highest BCUT2D eigenvalue weighted by molar-refractivity contribution is 7.22. The molecule has 0 saturated carbocycles. The van der Waals surface area contributed by atoms with E-state index in [0.717, 1.165) is 42.1 Å². The summed E-state index contributed by atoms with van der Waals surface area (Å²) in [7, 11) is 1.63. The molecule has 0 radical (unpaired) electrons. The first kappa shape index (κ1) is 18.7. The summed E-state index contributed by atoms with van der Waals surface area (Å²) < 4.78 is 7.20. The van der Waals surface area contributed by atoms with Gasteiger partial charge in [-0.15, -0.1) is 11.3 Å². The number of hydrogen-bond donors (Lipinski definition) is 0. The predicted octanol–water partition coefficient (Wildman–Crippen LogP) is 3.39. The summed E-state index contributed by atoms with van der Waals surface area (Å²) in [6.07, 6.45) is 3.66. The zero-order valence-corrected chi connectivity index (χ0v) is 16.9. The van der Waals surface area contributed by atoms with Crippen molar-refractivity contribution in [3.63, 3.8) is 0 Å². The second kappa shape index (κ2) is 7.75.